The van der Waals surface area contributed by atoms with Gasteiger partial charge in [0.15, 0.2) is 0 Å². The van der Waals surface area contributed by atoms with Crippen LogP contribution in [0.2, 0.25) is 0 Å². The average Bonchev–Trinajstić information content (AvgIpc) is 2.50. The van der Waals surface area contributed by atoms with Gasteiger partial charge in [-0.05, 0) is 25.1 Å². The maximum atomic E-state index is 12.6. The van der Waals surface area contributed by atoms with Crippen LogP contribution in [0.1, 0.15) is 24.2 Å². The minimum atomic E-state index is -0.236. The highest BCUT2D eigenvalue weighted by molar-refractivity contribution is 9.10. The molecule has 0 radical (unpaired) electrons. The van der Waals surface area contributed by atoms with Crippen LogP contribution in [0.15, 0.2) is 27.8 Å². The molecule has 0 aromatic heterocycles. The number of amidine groups is 1. The molecule has 1 unspecified atom stereocenters. The van der Waals surface area contributed by atoms with Crippen molar-refractivity contribution in [3.63, 3.8) is 0 Å². The number of benzene rings is 1. The minimum Gasteiger partial charge on any atom is -0.496 e. The quantitative estimate of drug-likeness (QED) is 0.354. The lowest BCUT2D eigenvalue weighted by Gasteiger charge is -2.24. The molecule has 1 aromatic rings. The third kappa shape index (κ3) is 4.35. The molecule has 0 spiro atoms. The van der Waals surface area contributed by atoms with Crippen LogP contribution in [-0.2, 0) is 0 Å². The smallest absolute Gasteiger partial charge is 0.257 e. The van der Waals surface area contributed by atoms with Crippen molar-refractivity contribution in [2.24, 2.45) is 16.8 Å². The van der Waals surface area contributed by atoms with Crippen LogP contribution in [0.3, 0.4) is 0 Å². The van der Waals surface area contributed by atoms with Crippen LogP contribution >= 0.6 is 15.9 Å². The van der Waals surface area contributed by atoms with E-state index in [0.717, 1.165) is 4.47 Å². The van der Waals surface area contributed by atoms with Gasteiger partial charge in [0.2, 0.25) is 0 Å². The number of rotatable bonds is 6. The topological polar surface area (TPSA) is 88.1 Å². The number of oxime groups is 1. The number of hydrogen-bond donors (Lipinski definition) is 2. The molecule has 0 saturated heterocycles. The third-order valence-corrected chi connectivity index (χ3v) is 3.67. The highest BCUT2D eigenvalue weighted by Crippen LogP contribution is 2.25. The summed E-state index contributed by atoms with van der Waals surface area (Å²) in [6, 6.07) is 5.24. The number of nitrogens with two attached hydrogens (primary N) is 1. The van der Waals surface area contributed by atoms with Crippen LogP contribution in [0.4, 0.5) is 0 Å². The molecule has 0 aliphatic carbocycles. The molecule has 1 aromatic carbocycles. The van der Waals surface area contributed by atoms with Crippen LogP contribution in [-0.4, -0.2) is 42.0 Å². The Labute approximate surface area is 132 Å². The number of carbonyl (C=O) groups excluding carboxylic acids is 1. The first-order chi connectivity index (χ1) is 9.94. The van der Waals surface area contributed by atoms with Gasteiger partial charge in [-0.25, -0.2) is 0 Å². The van der Waals surface area contributed by atoms with Gasteiger partial charge in [0.1, 0.15) is 11.6 Å². The van der Waals surface area contributed by atoms with Gasteiger partial charge in [-0.15, -0.1) is 0 Å². The molecule has 0 aliphatic rings. The van der Waals surface area contributed by atoms with Gasteiger partial charge in [0.05, 0.1) is 12.7 Å². The molecular formula is C14H20BrN3O3. The maximum absolute atomic E-state index is 12.6. The van der Waals surface area contributed by atoms with Crippen molar-refractivity contribution in [3.05, 3.63) is 28.2 Å². The molecule has 0 bridgehead atoms. The molecule has 3 N–H and O–H groups in total. The molecule has 6 nitrogen and oxygen atoms in total. The molecule has 1 atom stereocenters. The summed E-state index contributed by atoms with van der Waals surface area (Å²) in [6.45, 7) is 4.55. The molecule has 7 heteroatoms. The van der Waals surface area contributed by atoms with Crippen molar-refractivity contribution in [2.75, 3.05) is 20.2 Å². The second-order valence-corrected chi connectivity index (χ2v) is 5.53. The van der Waals surface area contributed by atoms with Crippen molar-refractivity contribution in [1.82, 2.24) is 4.90 Å². The first-order valence-corrected chi connectivity index (χ1v) is 7.34. The van der Waals surface area contributed by atoms with Gasteiger partial charge in [-0.3, -0.25) is 4.79 Å². The standard InChI is InChI=1S/C14H20BrN3O3/c1-4-18(8-9(2)13(16)17-20)14(19)11-6-5-10(15)7-12(11)21-3/h5-7,9,20H,4,8H2,1-3H3,(H2,16,17). The van der Waals surface area contributed by atoms with Crippen LogP contribution in [0.25, 0.3) is 0 Å². The van der Waals surface area contributed by atoms with E-state index in [1.165, 1.54) is 7.11 Å². The Morgan fingerprint density at radius 3 is 2.76 bits per heavy atom. The molecule has 0 aliphatic heterocycles. The SMILES string of the molecule is CCN(CC(C)/C(N)=N/O)C(=O)c1ccc(Br)cc1OC. The third-order valence-electron chi connectivity index (χ3n) is 3.18. The molecule has 0 heterocycles. The van der Waals surface area contributed by atoms with Gasteiger partial charge in [0.25, 0.3) is 5.91 Å². The number of amides is 1. The van der Waals surface area contributed by atoms with E-state index in [0.29, 0.717) is 24.4 Å². The average molecular weight is 358 g/mol. The first kappa shape index (κ1) is 17.3. The second-order valence-electron chi connectivity index (χ2n) is 4.61. The van der Waals surface area contributed by atoms with Crippen molar-refractivity contribution >= 4 is 27.7 Å². The lowest BCUT2D eigenvalue weighted by Crippen LogP contribution is -2.38. The molecular weight excluding hydrogens is 338 g/mol. The molecule has 1 amide bonds. The normalized spacial score (nSPS) is 12.9. The van der Waals surface area contributed by atoms with Gasteiger partial charge < -0.3 is 20.6 Å². The van der Waals surface area contributed by atoms with E-state index in [9.17, 15) is 4.79 Å². The van der Waals surface area contributed by atoms with Crippen molar-refractivity contribution < 1.29 is 14.7 Å². The Bertz CT molecular complexity index is 534. The van der Waals surface area contributed by atoms with Crippen LogP contribution in [0, 0.1) is 5.92 Å². The van der Waals surface area contributed by atoms with Gasteiger partial charge >= 0.3 is 0 Å². The predicted octanol–water partition coefficient (Wildman–Crippen LogP) is 2.30. The van der Waals surface area contributed by atoms with Crippen LogP contribution < -0.4 is 10.5 Å². The number of hydrogen-bond acceptors (Lipinski definition) is 4. The molecule has 1 rings (SSSR count). The Morgan fingerprint density at radius 2 is 2.24 bits per heavy atom. The van der Waals surface area contributed by atoms with Crippen molar-refractivity contribution in [2.45, 2.75) is 13.8 Å². The Hall–Kier alpha value is -1.76. The maximum Gasteiger partial charge on any atom is 0.257 e. The largest absolute Gasteiger partial charge is 0.496 e. The summed E-state index contributed by atoms with van der Waals surface area (Å²) in [4.78, 5) is 14.2. The fourth-order valence-electron chi connectivity index (χ4n) is 1.89. The minimum absolute atomic E-state index is 0.101. The summed E-state index contributed by atoms with van der Waals surface area (Å²) in [5, 5.41) is 11.7. The summed E-state index contributed by atoms with van der Waals surface area (Å²) in [6.07, 6.45) is 0. The summed E-state index contributed by atoms with van der Waals surface area (Å²) in [7, 11) is 1.52. The number of carbonyl (C=O) groups is 1. The van der Waals surface area contributed by atoms with E-state index < -0.39 is 0 Å². The summed E-state index contributed by atoms with van der Waals surface area (Å²) >= 11 is 3.34. The molecule has 116 valence electrons. The van der Waals surface area contributed by atoms with Gasteiger partial charge in [-0.1, -0.05) is 28.0 Å². The summed E-state index contributed by atoms with van der Waals surface area (Å²) < 4.78 is 6.09. The monoisotopic (exact) mass is 357 g/mol. The van der Waals surface area contributed by atoms with E-state index in [2.05, 4.69) is 21.1 Å². The molecule has 21 heavy (non-hydrogen) atoms. The zero-order valence-electron chi connectivity index (χ0n) is 12.3. The number of methoxy groups -OCH3 is 1. The van der Waals surface area contributed by atoms with Gasteiger partial charge in [0, 0.05) is 23.5 Å². The second kappa shape index (κ2) is 7.87. The van der Waals surface area contributed by atoms with E-state index in [4.69, 9.17) is 15.7 Å². The lowest BCUT2D eigenvalue weighted by atomic mass is 10.1. The van der Waals surface area contributed by atoms with Crippen molar-refractivity contribution in [1.29, 1.82) is 0 Å². The molecule has 0 saturated carbocycles. The lowest BCUT2D eigenvalue weighted by molar-refractivity contribution is 0.0750. The highest BCUT2D eigenvalue weighted by atomic mass is 79.9. The van der Waals surface area contributed by atoms with Gasteiger partial charge in [-0.2, -0.15) is 0 Å². The summed E-state index contributed by atoms with van der Waals surface area (Å²) in [5.74, 6) is 0.216. The van der Waals surface area contributed by atoms with E-state index in [1.54, 1.807) is 30.0 Å². The number of nitrogens with zero attached hydrogens (tertiary/aromatic N) is 2. The van der Waals surface area contributed by atoms with E-state index in [1.807, 2.05) is 6.92 Å². The van der Waals surface area contributed by atoms with E-state index in [-0.39, 0.29) is 17.7 Å². The first-order valence-electron chi connectivity index (χ1n) is 6.54. The highest BCUT2D eigenvalue weighted by Gasteiger charge is 2.21. The van der Waals surface area contributed by atoms with E-state index >= 15 is 0 Å². The number of halogens is 1. The van der Waals surface area contributed by atoms with Crippen LogP contribution in [0.5, 0.6) is 5.75 Å². The Morgan fingerprint density at radius 1 is 1.57 bits per heavy atom. The fourth-order valence-corrected chi connectivity index (χ4v) is 2.23. The predicted molar refractivity (Wildman–Crippen MR) is 84.8 cm³/mol. The zero-order chi connectivity index (χ0) is 16.0. The van der Waals surface area contributed by atoms with Crippen molar-refractivity contribution in [3.8, 4) is 5.75 Å². The Balaban J connectivity index is 2.99. The zero-order valence-corrected chi connectivity index (χ0v) is 13.9. The fraction of sp³-hybridized carbons (Fsp3) is 0.429. The Kier molecular flexibility index (Phi) is 6.48. The molecule has 0 fully saturated rings. The summed E-state index contributed by atoms with van der Waals surface area (Å²) in [5.41, 5.74) is 6.05. The number of ether oxygens (including phenoxy) is 1.